The molecule has 0 aliphatic carbocycles. The molecule has 24 heavy (non-hydrogen) atoms. The van der Waals surface area contributed by atoms with Crippen LogP contribution in [0.5, 0.6) is 0 Å². The van der Waals surface area contributed by atoms with E-state index in [2.05, 4.69) is 10.2 Å². The number of para-hydroxylation sites is 1. The SMILES string of the molecule is O=C(c1cccc2cn[nH]c12)N1CCC(N2CCCCC2=O)CC1. The van der Waals surface area contributed by atoms with E-state index in [1.807, 2.05) is 28.0 Å². The van der Waals surface area contributed by atoms with E-state index in [-0.39, 0.29) is 11.8 Å². The number of piperidine rings is 2. The maximum atomic E-state index is 12.9. The number of benzene rings is 1. The van der Waals surface area contributed by atoms with E-state index in [4.69, 9.17) is 0 Å². The number of carbonyl (C=O) groups is 2. The minimum atomic E-state index is 0.0493. The second kappa shape index (κ2) is 6.26. The van der Waals surface area contributed by atoms with Crippen LogP contribution in [0.1, 0.15) is 42.5 Å². The third kappa shape index (κ3) is 2.66. The van der Waals surface area contributed by atoms with Crippen molar-refractivity contribution in [1.82, 2.24) is 20.0 Å². The topological polar surface area (TPSA) is 69.3 Å². The van der Waals surface area contributed by atoms with Crippen LogP contribution >= 0.6 is 0 Å². The number of aromatic amines is 1. The largest absolute Gasteiger partial charge is 0.340 e. The zero-order chi connectivity index (χ0) is 16.5. The third-order valence-corrected chi connectivity index (χ3v) is 5.26. The highest BCUT2D eigenvalue weighted by Gasteiger charge is 2.31. The maximum absolute atomic E-state index is 12.9. The molecular weight excluding hydrogens is 304 g/mol. The van der Waals surface area contributed by atoms with Gasteiger partial charge in [-0.05, 0) is 31.7 Å². The molecule has 2 aromatic rings. The fraction of sp³-hybridized carbons (Fsp3) is 0.500. The van der Waals surface area contributed by atoms with Crippen molar-refractivity contribution < 1.29 is 9.59 Å². The number of likely N-dealkylation sites (tertiary alicyclic amines) is 2. The highest BCUT2D eigenvalue weighted by Crippen LogP contribution is 2.24. The standard InChI is InChI=1S/C18H22N4O2/c23-16-6-1-2-9-22(16)14-7-10-21(11-8-14)18(24)15-5-3-4-13-12-19-20-17(13)15/h3-5,12,14H,1-2,6-11H2,(H,19,20). The number of fused-ring (bicyclic) bond motifs is 1. The quantitative estimate of drug-likeness (QED) is 0.919. The summed E-state index contributed by atoms with van der Waals surface area (Å²) in [5.41, 5.74) is 1.48. The summed E-state index contributed by atoms with van der Waals surface area (Å²) in [6, 6.07) is 5.99. The fourth-order valence-electron chi connectivity index (χ4n) is 3.91. The molecule has 0 spiro atoms. The number of amides is 2. The summed E-state index contributed by atoms with van der Waals surface area (Å²) in [5.74, 6) is 0.335. The molecule has 6 nitrogen and oxygen atoms in total. The Morgan fingerprint density at radius 2 is 2.00 bits per heavy atom. The van der Waals surface area contributed by atoms with E-state index in [0.717, 1.165) is 43.1 Å². The second-order valence-corrected chi connectivity index (χ2v) is 6.71. The first-order chi connectivity index (χ1) is 11.7. The van der Waals surface area contributed by atoms with Crippen LogP contribution in [0.25, 0.3) is 10.9 Å². The molecule has 0 atom stereocenters. The molecule has 0 unspecified atom stereocenters. The minimum Gasteiger partial charge on any atom is -0.340 e. The first kappa shape index (κ1) is 15.2. The lowest BCUT2D eigenvalue weighted by molar-refractivity contribution is -0.136. The van der Waals surface area contributed by atoms with Crippen LogP contribution in [0.15, 0.2) is 24.4 Å². The van der Waals surface area contributed by atoms with Crippen molar-refractivity contribution in [3.63, 3.8) is 0 Å². The van der Waals surface area contributed by atoms with Crippen molar-refractivity contribution in [3.05, 3.63) is 30.0 Å². The molecule has 0 radical (unpaired) electrons. The van der Waals surface area contributed by atoms with Gasteiger partial charge >= 0.3 is 0 Å². The van der Waals surface area contributed by atoms with E-state index >= 15 is 0 Å². The normalized spacial score (nSPS) is 19.9. The van der Waals surface area contributed by atoms with Gasteiger partial charge in [0.15, 0.2) is 0 Å². The zero-order valence-electron chi connectivity index (χ0n) is 13.7. The molecule has 2 fully saturated rings. The average Bonchev–Trinajstić information content (AvgIpc) is 3.10. The number of aromatic nitrogens is 2. The first-order valence-corrected chi connectivity index (χ1v) is 8.75. The van der Waals surface area contributed by atoms with E-state index in [1.54, 1.807) is 6.20 Å². The Morgan fingerprint density at radius 3 is 2.79 bits per heavy atom. The number of hydrogen-bond donors (Lipinski definition) is 1. The van der Waals surface area contributed by atoms with Gasteiger partial charge in [0.05, 0.1) is 17.3 Å². The Balaban J connectivity index is 1.45. The van der Waals surface area contributed by atoms with E-state index in [9.17, 15) is 9.59 Å². The number of carbonyl (C=O) groups excluding carboxylic acids is 2. The van der Waals surface area contributed by atoms with Gasteiger partial charge < -0.3 is 9.80 Å². The molecule has 2 aliphatic heterocycles. The van der Waals surface area contributed by atoms with Gasteiger partial charge in [-0.1, -0.05) is 12.1 Å². The Kier molecular flexibility index (Phi) is 3.96. The summed E-state index contributed by atoms with van der Waals surface area (Å²) in [7, 11) is 0. The first-order valence-electron chi connectivity index (χ1n) is 8.75. The Morgan fingerprint density at radius 1 is 1.17 bits per heavy atom. The molecule has 4 rings (SSSR count). The van der Waals surface area contributed by atoms with Gasteiger partial charge in [0.2, 0.25) is 5.91 Å². The van der Waals surface area contributed by atoms with Crippen LogP contribution in [0.3, 0.4) is 0 Å². The van der Waals surface area contributed by atoms with Crippen LogP contribution in [-0.2, 0) is 4.79 Å². The van der Waals surface area contributed by atoms with Gasteiger partial charge in [0, 0.05) is 37.5 Å². The Hall–Kier alpha value is -2.37. The van der Waals surface area contributed by atoms with Crippen LogP contribution in [0.4, 0.5) is 0 Å². The molecule has 126 valence electrons. The van der Waals surface area contributed by atoms with Crippen molar-refractivity contribution >= 4 is 22.7 Å². The van der Waals surface area contributed by atoms with E-state index < -0.39 is 0 Å². The number of H-pyrrole nitrogens is 1. The summed E-state index contributed by atoms with van der Waals surface area (Å²) in [5, 5.41) is 7.91. The number of nitrogens with one attached hydrogen (secondary N) is 1. The van der Waals surface area contributed by atoms with Gasteiger partial charge in [-0.2, -0.15) is 5.10 Å². The molecule has 6 heteroatoms. The predicted octanol–water partition coefficient (Wildman–Crippen LogP) is 2.18. The van der Waals surface area contributed by atoms with Crippen LogP contribution in [0, 0.1) is 0 Å². The predicted molar refractivity (Wildman–Crippen MR) is 90.6 cm³/mol. The molecular formula is C18H22N4O2. The Labute approximate surface area is 140 Å². The zero-order valence-corrected chi connectivity index (χ0v) is 13.7. The highest BCUT2D eigenvalue weighted by molar-refractivity contribution is 6.05. The van der Waals surface area contributed by atoms with Gasteiger partial charge in [-0.3, -0.25) is 14.7 Å². The number of rotatable bonds is 2. The lowest BCUT2D eigenvalue weighted by atomic mass is 9.98. The summed E-state index contributed by atoms with van der Waals surface area (Å²) in [6.45, 7) is 2.29. The molecule has 2 amide bonds. The Bertz CT molecular complexity index is 761. The molecule has 1 aromatic carbocycles. The second-order valence-electron chi connectivity index (χ2n) is 6.71. The lowest BCUT2D eigenvalue weighted by Crippen LogP contribution is -2.50. The van der Waals surface area contributed by atoms with Crippen molar-refractivity contribution in [2.45, 2.75) is 38.1 Å². The molecule has 1 aromatic heterocycles. The monoisotopic (exact) mass is 326 g/mol. The van der Waals surface area contributed by atoms with Crippen molar-refractivity contribution in [2.24, 2.45) is 0 Å². The third-order valence-electron chi connectivity index (χ3n) is 5.26. The van der Waals surface area contributed by atoms with Crippen LogP contribution < -0.4 is 0 Å². The molecule has 2 saturated heterocycles. The van der Waals surface area contributed by atoms with E-state index in [0.29, 0.717) is 31.1 Å². The molecule has 3 heterocycles. The highest BCUT2D eigenvalue weighted by atomic mass is 16.2. The summed E-state index contributed by atoms with van der Waals surface area (Å²) >= 11 is 0. The fourth-order valence-corrected chi connectivity index (χ4v) is 3.91. The summed E-state index contributed by atoms with van der Waals surface area (Å²) in [4.78, 5) is 28.9. The van der Waals surface area contributed by atoms with Crippen molar-refractivity contribution in [2.75, 3.05) is 19.6 Å². The van der Waals surface area contributed by atoms with Crippen molar-refractivity contribution in [3.8, 4) is 0 Å². The smallest absolute Gasteiger partial charge is 0.256 e. The molecule has 0 saturated carbocycles. The van der Waals surface area contributed by atoms with Gasteiger partial charge in [-0.25, -0.2) is 0 Å². The van der Waals surface area contributed by atoms with Crippen LogP contribution in [0.2, 0.25) is 0 Å². The van der Waals surface area contributed by atoms with E-state index in [1.165, 1.54) is 0 Å². The average molecular weight is 326 g/mol. The maximum Gasteiger partial charge on any atom is 0.256 e. The molecule has 1 N–H and O–H groups in total. The number of hydrogen-bond acceptors (Lipinski definition) is 3. The van der Waals surface area contributed by atoms with Gasteiger partial charge in [0.1, 0.15) is 0 Å². The summed E-state index contributed by atoms with van der Waals surface area (Å²) in [6.07, 6.45) is 6.28. The summed E-state index contributed by atoms with van der Waals surface area (Å²) < 4.78 is 0. The van der Waals surface area contributed by atoms with Crippen LogP contribution in [-0.4, -0.2) is 57.5 Å². The van der Waals surface area contributed by atoms with Crippen molar-refractivity contribution in [1.29, 1.82) is 0 Å². The van der Waals surface area contributed by atoms with Gasteiger partial charge in [-0.15, -0.1) is 0 Å². The molecule has 0 bridgehead atoms. The minimum absolute atomic E-state index is 0.0493. The lowest BCUT2D eigenvalue weighted by Gasteiger charge is -2.40. The molecule has 2 aliphatic rings. The number of nitrogens with zero attached hydrogens (tertiary/aromatic N) is 3. The van der Waals surface area contributed by atoms with Gasteiger partial charge in [0.25, 0.3) is 5.91 Å².